The number of nitrogens with zero attached hydrogens (tertiary/aromatic N) is 2. The Morgan fingerprint density at radius 3 is 2.63 bits per heavy atom. The Balaban J connectivity index is 1.99. The molecule has 1 aromatic rings. The molecule has 2 atom stereocenters. The normalized spacial score (nSPS) is 24.3. The van der Waals surface area contributed by atoms with Crippen molar-refractivity contribution in [1.82, 2.24) is 9.80 Å². The Kier molecular flexibility index (Phi) is 4.90. The Morgan fingerprint density at radius 1 is 1.47 bits per heavy atom. The van der Waals surface area contributed by atoms with Gasteiger partial charge in [-0.25, -0.2) is 0 Å². The first-order valence-corrected chi connectivity index (χ1v) is 7.82. The molecule has 1 aliphatic heterocycles. The predicted octanol–water partition coefficient (Wildman–Crippen LogP) is 3.12. The molecule has 1 fully saturated rings. The van der Waals surface area contributed by atoms with E-state index in [4.69, 9.17) is 23.2 Å². The van der Waals surface area contributed by atoms with Gasteiger partial charge in [-0.15, -0.1) is 11.3 Å². The van der Waals surface area contributed by atoms with Crippen molar-refractivity contribution < 1.29 is 4.79 Å². The quantitative estimate of drug-likeness (QED) is 0.796. The van der Waals surface area contributed by atoms with Gasteiger partial charge in [0.1, 0.15) is 4.34 Å². The number of thiophene rings is 1. The molecule has 0 saturated carbocycles. The summed E-state index contributed by atoms with van der Waals surface area (Å²) in [6.45, 7) is 4.52. The average molecular weight is 321 g/mol. The zero-order valence-corrected chi connectivity index (χ0v) is 13.6. The summed E-state index contributed by atoms with van der Waals surface area (Å²) >= 11 is 13.1. The maximum absolute atomic E-state index is 12.2. The van der Waals surface area contributed by atoms with Crippen LogP contribution >= 0.6 is 34.5 Å². The lowest BCUT2D eigenvalue weighted by Crippen LogP contribution is -2.35. The van der Waals surface area contributed by atoms with E-state index in [0.29, 0.717) is 32.7 Å². The summed E-state index contributed by atoms with van der Waals surface area (Å²) in [6.07, 6.45) is 0. The SMILES string of the molecule is CC1CN(CC(=O)c2cc(Cl)sc2Cl)CC1N(C)C. The second kappa shape index (κ2) is 6.10. The van der Waals surface area contributed by atoms with Crippen LogP contribution in [0.1, 0.15) is 17.3 Å². The number of halogens is 2. The second-order valence-corrected chi connectivity index (χ2v) is 7.65. The predicted molar refractivity (Wildman–Crippen MR) is 81.7 cm³/mol. The van der Waals surface area contributed by atoms with Crippen LogP contribution in [0.2, 0.25) is 8.67 Å². The highest BCUT2D eigenvalue weighted by molar-refractivity contribution is 7.20. The van der Waals surface area contributed by atoms with E-state index in [1.54, 1.807) is 6.07 Å². The van der Waals surface area contributed by atoms with Crippen LogP contribution in [0.3, 0.4) is 0 Å². The summed E-state index contributed by atoms with van der Waals surface area (Å²) < 4.78 is 1.06. The summed E-state index contributed by atoms with van der Waals surface area (Å²) in [5.74, 6) is 0.629. The van der Waals surface area contributed by atoms with Crippen LogP contribution in [-0.4, -0.2) is 55.4 Å². The number of carbonyl (C=O) groups is 1. The van der Waals surface area contributed by atoms with E-state index in [2.05, 4.69) is 30.8 Å². The molecule has 0 spiro atoms. The van der Waals surface area contributed by atoms with E-state index >= 15 is 0 Å². The fraction of sp³-hybridized carbons (Fsp3) is 0.615. The minimum Gasteiger partial charge on any atom is -0.305 e. The molecule has 0 aliphatic carbocycles. The first-order chi connectivity index (χ1) is 8.88. The van der Waals surface area contributed by atoms with Crippen LogP contribution in [0.25, 0.3) is 0 Å². The summed E-state index contributed by atoms with van der Waals surface area (Å²) in [4.78, 5) is 16.6. The van der Waals surface area contributed by atoms with Crippen molar-refractivity contribution in [2.45, 2.75) is 13.0 Å². The lowest BCUT2D eigenvalue weighted by Gasteiger charge is -2.22. The van der Waals surface area contributed by atoms with Gasteiger partial charge in [0.15, 0.2) is 5.78 Å². The highest BCUT2D eigenvalue weighted by atomic mass is 35.5. The van der Waals surface area contributed by atoms with Gasteiger partial charge in [0.2, 0.25) is 0 Å². The number of rotatable bonds is 4. The molecule has 0 radical (unpaired) electrons. The Morgan fingerprint density at radius 2 is 2.16 bits per heavy atom. The van der Waals surface area contributed by atoms with Gasteiger partial charge in [0, 0.05) is 19.1 Å². The molecule has 2 heterocycles. The van der Waals surface area contributed by atoms with Crippen molar-refractivity contribution in [3.8, 4) is 0 Å². The maximum atomic E-state index is 12.2. The van der Waals surface area contributed by atoms with Crippen LogP contribution < -0.4 is 0 Å². The van der Waals surface area contributed by atoms with Crippen molar-refractivity contribution in [2.24, 2.45) is 5.92 Å². The molecule has 0 amide bonds. The molecule has 1 saturated heterocycles. The van der Waals surface area contributed by atoms with Crippen molar-refractivity contribution in [3.05, 3.63) is 20.3 Å². The van der Waals surface area contributed by atoms with Gasteiger partial charge in [-0.05, 0) is 26.1 Å². The van der Waals surface area contributed by atoms with E-state index in [1.165, 1.54) is 11.3 Å². The number of Topliss-reactive ketones (excluding diaryl/α,β-unsaturated/α-hetero) is 1. The molecule has 0 N–H and O–H groups in total. The molecular formula is C13H18Cl2N2OS. The molecule has 2 unspecified atom stereocenters. The Hall–Kier alpha value is -0.130. The van der Waals surface area contributed by atoms with Gasteiger partial charge in [-0.2, -0.15) is 0 Å². The van der Waals surface area contributed by atoms with Crippen LogP contribution in [0, 0.1) is 5.92 Å². The fourth-order valence-electron chi connectivity index (χ4n) is 2.67. The summed E-state index contributed by atoms with van der Waals surface area (Å²) in [7, 11) is 4.17. The maximum Gasteiger partial charge on any atom is 0.179 e. The van der Waals surface area contributed by atoms with E-state index in [0.717, 1.165) is 13.1 Å². The second-order valence-electron chi connectivity index (χ2n) is 5.36. The van der Waals surface area contributed by atoms with Crippen molar-refractivity contribution in [2.75, 3.05) is 33.7 Å². The highest BCUT2D eigenvalue weighted by Crippen LogP contribution is 2.32. The van der Waals surface area contributed by atoms with Gasteiger partial charge in [-0.1, -0.05) is 30.1 Å². The van der Waals surface area contributed by atoms with Crippen LogP contribution in [-0.2, 0) is 0 Å². The van der Waals surface area contributed by atoms with Crippen molar-refractivity contribution >= 4 is 40.3 Å². The molecule has 2 rings (SSSR count). The topological polar surface area (TPSA) is 23.6 Å². The standard InChI is InChI=1S/C13H18Cl2N2OS/c1-8-5-17(6-10(8)16(2)3)7-11(18)9-4-12(14)19-13(9)15/h4,8,10H,5-7H2,1-3H3. The molecule has 106 valence electrons. The largest absolute Gasteiger partial charge is 0.305 e. The van der Waals surface area contributed by atoms with Gasteiger partial charge in [0.05, 0.1) is 16.4 Å². The van der Waals surface area contributed by atoms with Crippen molar-refractivity contribution in [3.63, 3.8) is 0 Å². The monoisotopic (exact) mass is 320 g/mol. The number of likely N-dealkylation sites (N-methyl/N-ethyl adjacent to an activating group) is 1. The average Bonchev–Trinajstić information content (AvgIpc) is 2.81. The van der Waals surface area contributed by atoms with Crippen molar-refractivity contribution in [1.29, 1.82) is 0 Å². The van der Waals surface area contributed by atoms with Crippen LogP contribution in [0.4, 0.5) is 0 Å². The minimum atomic E-state index is 0.0553. The Bertz CT molecular complexity index is 475. The number of hydrogen-bond donors (Lipinski definition) is 0. The minimum absolute atomic E-state index is 0.0553. The van der Waals surface area contributed by atoms with E-state index in [9.17, 15) is 4.79 Å². The first-order valence-electron chi connectivity index (χ1n) is 6.25. The van der Waals surface area contributed by atoms with Crippen LogP contribution in [0.15, 0.2) is 6.07 Å². The van der Waals surface area contributed by atoms with Gasteiger partial charge in [-0.3, -0.25) is 9.69 Å². The molecular weight excluding hydrogens is 303 g/mol. The summed E-state index contributed by atoms with van der Waals surface area (Å²) in [5, 5.41) is 0. The fourth-order valence-corrected chi connectivity index (χ4v) is 4.17. The third kappa shape index (κ3) is 3.50. The lowest BCUT2D eigenvalue weighted by molar-refractivity contribution is 0.0941. The molecule has 1 aromatic heterocycles. The first kappa shape index (κ1) is 15.3. The highest BCUT2D eigenvalue weighted by Gasteiger charge is 2.32. The molecule has 0 aromatic carbocycles. The lowest BCUT2D eigenvalue weighted by atomic mass is 10.1. The van der Waals surface area contributed by atoms with Gasteiger partial charge < -0.3 is 4.90 Å². The smallest absolute Gasteiger partial charge is 0.179 e. The third-order valence-corrected chi connectivity index (χ3v) is 5.12. The van der Waals surface area contributed by atoms with E-state index in [-0.39, 0.29) is 5.78 Å². The van der Waals surface area contributed by atoms with Gasteiger partial charge >= 0.3 is 0 Å². The van der Waals surface area contributed by atoms with E-state index < -0.39 is 0 Å². The summed E-state index contributed by atoms with van der Waals surface area (Å²) in [6, 6.07) is 2.18. The number of carbonyl (C=O) groups excluding carboxylic acids is 1. The molecule has 0 bridgehead atoms. The third-order valence-electron chi connectivity index (χ3n) is 3.64. The number of likely N-dealkylation sites (tertiary alicyclic amines) is 1. The number of ketones is 1. The Labute approximate surface area is 128 Å². The van der Waals surface area contributed by atoms with E-state index in [1.807, 2.05) is 0 Å². The molecule has 1 aliphatic rings. The number of hydrogen-bond acceptors (Lipinski definition) is 4. The zero-order valence-electron chi connectivity index (χ0n) is 11.3. The summed E-state index contributed by atoms with van der Waals surface area (Å²) in [5.41, 5.74) is 0.553. The molecule has 19 heavy (non-hydrogen) atoms. The van der Waals surface area contributed by atoms with Crippen LogP contribution in [0.5, 0.6) is 0 Å². The zero-order chi connectivity index (χ0) is 14.2. The van der Waals surface area contributed by atoms with Gasteiger partial charge in [0.25, 0.3) is 0 Å². The molecule has 3 nitrogen and oxygen atoms in total. The molecule has 6 heteroatoms.